The van der Waals surface area contributed by atoms with Gasteiger partial charge in [0.25, 0.3) is 0 Å². The van der Waals surface area contributed by atoms with Crippen LogP contribution < -0.4 is 5.32 Å². The van der Waals surface area contributed by atoms with Crippen molar-refractivity contribution < 1.29 is 9.26 Å². The monoisotopic (exact) mass is 267 g/mol. The van der Waals surface area contributed by atoms with Gasteiger partial charge >= 0.3 is 0 Å². The Morgan fingerprint density at radius 1 is 1.42 bits per heavy atom. The van der Waals surface area contributed by atoms with Crippen LogP contribution >= 0.6 is 0 Å². The summed E-state index contributed by atoms with van der Waals surface area (Å²) < 4.78 is 10.9. The molecule has 0 bridgehead atoms. The van der Waals surface area contributed by atoms with Crippen LogP contribution in [0.1, 0.15) is 44.8 Å². The maximum Gasteiger partial charge on any atom is 0.228 e. The predicted molar refractivity (Wildman–Crippen MR) is 73.0 cm³/mol. The van der Waals surface area contributed by atoms with Crippen LogP contribution in [0.2, 0.25) is 0 Å². The van der Waals surface area contributed by atoms with Gasteiger partial charge in [-0.15, -0.1) is 0 Å². The van der Waals surface area contributed by atoms with Crippen LogP contribution in [0.5, 0.6) is 0 Å². The Balaban J connectivity index is 1.85. The highest BCUT2D eigenvalue weighted by Gasteiger charge is 2.20. The van der Waals surface area contributed by atoms with Gasteiger partial charge in [-0.1, -0.05) is 19.0 Å². The largest absolute Gasteiger partial charge is 0.378 e. The number of nitrogens with one attached hydrogen (secondary N) is 1. The maximum atomic E-state index is 5.59. The van der Waals surface area contributed by atoms with Crippen molar-refractivity contribution >= 4 is 0 Å². The summed E-state index contributed by atoms with van der Waals surface area (Å²) in [4.78, 5) is 4.47. The van der Waals surface area contributed by atoms with Gasteiger partial charge < -0.3 is 14.6 Å². The minimum absolute atomic E-state index is 0.279. The van der Waals surface area contributed by atoms with E-state index in [0.717, 1.165) is 50.4 Å². The van der Waals surface area contributed by atoms with E-state index in [0.29, 0.717) is 12.0 Å². The summed E-state index contributed by atoms with van der Waals surface area (Å²) in [6.45, 7) is 5.31. The second-order valence-corrected chi connectivity index (χ2v) is 5.76. The minimum Gasteiger partial charge on any atom is -0.378 e. The molecule has 2 heterocycles. The first-order chi connectivity index (χ1) is 9.17. The number of aromatic nitrogens is 2. The third-order valence-corrected chi connectivity index (χ3v) is 3.53. The van der Waals surface area contributed by atoms with Crippen LogP contribution in [0.15, 0.2) is 4.52 Å². The molecule has 2 atom stereocenters. The molecule has 1 aliphatic heterocycles. The van der Waals surface area contributed by atoms with Crippen molar-refractivity contribution in [2.45, 2.75) is 58.1 Å². The van der Waals surface area contributed by atoms with Gasteiger partial charge in [-0.3, -0.25) is 0 Å². The molecular formula is C14H25N3O2. The summed E-state index contributed by atoms with van der Waals surface area (Å²) in [6.07, 6.45) is 5.22. The number of hydrogen-bond donors (Lipinski definition) is 1. The van der Waals surface area contributed by atoms with Crippen molar-refractivity contribution in [2.75, 3.05) is 13.7 Å². The molecule has 1 saturated heterocycles. The van der Waals surface area contributed by atoms with E-state index in [2.05, 4.69) is 29.3 Å². The van der Waals surface area contributed by atoms with Crippen molar-refractivity contribution in [1.82, 2.24) is 15.5 Å². The maximum absolute atomic E-state index is 5.59. The van der Waals surface area contributed by atoms with E-state index < -0.39 is 0 Å². The van der Waals surface area contributed by atoms with Crippen molar-refractivity contribution in [2.24, 2.45) is 5.92 Å². The third-order valence-electron chi connectivity index (χ3n) is 3.53. The second kappa shape index (κ2) is 7.01. The van der Waals surface area contributed by atoms with E-state index in [9.17, 15) is 0 Å². The first kappa shape index (κ1) is 14.5. The normalized spacial score (nSPS) is 21.2. The summed E-state index contributed by atoms with van der Waals surface area (Å²) in [5.74, 6) is 2.17. The summed E-state index contributed by atoms with van der Waals surface area (Å²) in [6, 6.07) is 0.399. The molecule has 1 aliphatic rings. The lowest BCUT2D eigenvalue weighted by atomic mass is 10.0. The van der Waals surface area contributed by atoms with Gasteiger partial charge in [0.15, 0.2) is 5.82 Å². The molecule has 0 radical (unpaired) electrons. The van der Waals surface area contributed by atoms with Gasteiger partial charge in [0.05, 0.1) is 6.10 Å². The summed E-state index contributed by atoms with van der Waals surface area (Å²) >= 11 is 0. The molecule has 0 aliphatic carbocycles. The molecule has 5 heteroatoms. The zero-order valence-corrected chi connectivity index (χ0v) is 12.2. The lowest BCUT2D eigenvalue weighted by molar-refractivity contribution is 0.109. The molecule has 19 heavy (non-hydrogen) atoms. The number of ether oxygens (including phenoxy) is 1. The fourth-order valence-electron chi connectivity index (χ4n) is 2.55. The molecule has 1 N–H and O–H groups in total. The molecular weight excluding hydrogens is 242 g/mol. The first-order valence-electron chi connectivity index (χ1n) is 7.27. The number of likely N-dealkylation sites (N-methyl/N-ethyl adjacent to an activating group) is 1. The fourth-order valence-corrected chi connectivity index (χ4v) is 2.55. The molecule has 0 spiro atoms. The van der Waals surface area contributed by atoms with Gasteiger partial charge in [0.1, 0.15) is 0 Å². The molecule has 1 fully saturated rings. The van der Waals surface area contributed by atoms with Crippen LogP contribution in [-0.2, 0) is 17.6 Å². The SMILES string of the molecule is CNC(Cc1nc(CC2CCCO2)no1)CC(C)C. The molecule has 1 aromatic heterocycles. The summed E-state index contributed by atoms with van der Waals surface area (Å²) in [7, 11) is 1.98. The quantitative estimate of drug-likeness (QED) is 0.818. The lowest BCUT2D eigenvalue weighted by Crippen LogP contribution is -2.29. The Hall–Kier alpha value is -0.940. The molecule has 1 aromatic rings. The Kier molecular flexibility index (Phi) is 5.34. The zero-order chi connectivity index (χ0) is 13.7. The van der Waals surface area contributed by atoms with Crippen molar-refractivity contribution in [3.63, 3.8) is 0 Å². The topological polar surface area (TPSA) is 60.2 Å². The second-order valence-electron chi connectivity index (χ2n) is 5.76. The van der Waals surface area contributed by atoms with Crippen LogP contribution in [-0.4, -0.2) is 35.9 Å². The Bertz CT molecular complexity index is 373. The molecule has 2 rings (SSSR count). The minimum atomic E-state index is 0.279. The molecule has 5 nitrogen and oxygen atoms in total. The van der Waals surface area contributed by atoms with Gasteiger partial charge in [0, 0.05) is 25.5 Å². The highest BCUT2D eigenvalue weighted by molar-refractivity contribution is 4.92. The van der Waals surface area contributed by atoms with Gasteiger partial charge in [-0.05, 0) is 32.2 Å². The van der Waals surface area contributed by atoms with Gasteiger partial charge in [-0.25, -0.2) is 0 Å². The standard InChI is InChI=1S/C14H25N3O2/c1-10(2)7-11(15-3)8-14-16-13(17-19-14)9-12-5-4-6-18-12/h10-12,15H,4-9H2,1-3H3. The predicted octanol–water partition coefficient (Wildman–Crippen LogP) is 1.97. The van der Waals surface area contributed by atoms with Crippen molar-refractivity contribution in [1.29, 1.82) is 0 Å². The number of hydrogen-bond acceptors (Lipinski definition) is 5. The smallest absolute Gasteiger partial charge is 0.228 e. The number of nitrogens with zero attached hydrogens (tertiary/aromatic N) is 2. The van der Waals surface area contributed by atoms with E-state index in [-0.39, 0.29) is 6.10 Å². The zero-order valence-electron chi connectivity index (χ0n) is 12.2. The van der Waals surface area contributed by atoms with Crippen LogP contribution in [0.3, 0.4) is 0 Å². The molecule has 0 amide bonds. The highest BCUT2D eigenvalue weighted by Crippen LogP contribution is 2.16. The first-order valence-corrected chi connectivity index (χ1v) is 7.27. The molecule has 0 aromatic carbocycles. The number of rotatable bonds is 7. The highest BCUT2D eigenvalue weighted by atomic mass is 16.5. The van der Waals surface area contributed by atoms with Crippen molar-refractivity contribution in [3.8, 4) is 0 Å². The molecule has 0 saturated carbocycles. The van der Waals surface area contributed by atoms with E-state index in [1.165, 1.54) is 0 Å². The fraction of sp³-hybridized carbons (Fsp3) is 0.857. The van der Waals surface area contributed by atoms with Crippen LogP contribution in [0, 0.1) is 5.92 Å². The van der Waals surface area contributed by atoms with Gasteiger partial charge in [-0.2, -0.15) is 4.98 Å². The molecule has 2 unspecified atom stereocenters. The molecule has 108 valence electrons. The van der Waals surface area contributed by atoms with Gasteiger partial charge in [0.2, 0.25) is 5.89 Å². The average Bonchev–Trinajstić information content (AvgIpc) is 3.00. The Morgan fingerprint density at radius 3 is 2.89 bits per heavy atom. The Morgan fingerprint density at radius 2 is 2.26 bits per heavy atom. The third kappa shape index (κ3) is 4.58. The summed E-state index contributed by atoms with van der Waals surface area (Å²) in [5, 5.41) is 7.36. The van der Waals surface area contributed by atoms with E-state index in [4.69, 9.17) is 9.26 Å². The van der Waals surface area contributed by atoms with Crippen molar-refractivity contribution in [3.05, 3.63) is 11.7 Å². The van der Waals surface area contributed by atoms with Crippen LogP contribution in [0.4, 0.5) is 0 Å². The lowest BCUT2D eigenvalue weighted by Gasteiger charge is -2.15. The van der Waals surface area contributed by atoms with E-state index >= 15 is 0 Å². The van der Waals surface area contributed by atoms with E-state index in [1.807, 2.05) is 7.05 Å². The Labute approximate surface area is 115 Å². The summed E-state index contributed by atoms with van der Waals surface area (Å²) in [5.41, 5.74) is 0. The van der Waals surface area contributed by atoms with Crippen LogP contribution in [0.25, 0.3) is 0 Å². The van der Waals surface area contributed by atoms with E-state index in [1.54, 1.807) is 0 Å². The average molecular weight is 267 g/mol.